The third-order valence-electron chi connectivity index (χ3n) is 3.13. The molecule has 0 bridgehead atoms. The average molecular weight is 198 g/mol. The standard InChI is InChI=1S/C11H22N2O/c1-11(2)8-13-10(14-11)7-9-5-3-4-6-12-9/h9-10,12-13H,3-8H2,1-2H3. The Morgan fingerprint density at radius 2 is 2.14 bits per heavy atom. The summed E-state index contributed by atoms with van der Waals surface area (Å²) in [6.07, 6.45) is 5.39. The van der Waals surface area contributed by atoms with Crippen LogP contribution in [0.5, 0.6) is 0 Å². The van der Waals surface area contributed by atoms with Gasteiger partial charge in [-0.05, 0) is 33.2 Å². The number of hydrogen-bond acceptors (Lipinski definition) is 3. The van der Waals surface area contributed by atoms with Gasteiger partial charge in [-0.15, -0.1) is 0 Å². The van der Waals surface area contributed by atoms with E-state index in [2.05, 4.69) is 24.5 Å². The molecule has 2 N–H and O–H groups in total. The smallest absolute Gasteiger partial charge is 0.110 e. The fraction of sp³-hybridized carbons (Fsp3) is 1.00. The average Bonchev–Trinajstić information content (AvgIpc) is 2.47. The van der Waals surface area contributed by atoms with Gasteiger partial charge in [-0.2, -0.15) is 0 Å². The third-order valence-corrected chi connectivity index (χ3v) is 3.13. The lowest BCUT2D eigenvalue weighted by molar-refractivity contribution is -0.0228. The molecule has 2 unspecified atom stereocenters. The summed E-state index contributed by atoms with van der Waals surface area (Å²) < 4.78 is 5.90. The zero-order chi connectivity index (χ0) is 10.0. The lowest BCUT2D eigenvalue weighted by Crippen LogP contribution is -2.39. The fourth-order valence-corrected chi connectivity index (χ4v) is 2.34. The first kappa shape index (κ1) is 10.4. The Labute approximate surface area is 86.6 Å². The lowest BCUT2D eigenvalue weighted by Gasteiger charge is -2.26. The van der Waals surface area contributed by atoms with Gasteiger partial charge in [-0.3, -0.25) is 5.32 Å². The van der Waals surface area contributed by atoms with Crippen molar-refractivity contribution in [3.63, 3.8) is 0 Å². The second-order valence-corrected chi connectivity index (χ2v) is 5.13. The summed E-state index contributed by atoms with van der Waals surface area (Å²) >= 11 is 0. The van der Waals surface area contributed by atoms with E-state index in [9.17, 15) is 0 Å². The Kier molecular flexibility index (Phi) is 3.10. The van der Waals surface area contributed by atoms with Crippen molar-refractivity contribution >= 4 is 0 Å². The molecule has 0 aromatic rings. The van der Waals surface area contributed by atoms with Crippen LogP contribution in [0.15, 0.2) is 0 Å². The maximum atomic E-state index is 5.90. The van der Waals surface area contributed by atoms with Crippen LogP contribution in [-0.4, -0.2) is 31.0 Å². The summed E-state index contributed by atoms with van der Waals surface area (Å²) in [5, 5.41) is 6.99. The Bertz CT molecular complexity index is 188. The van der Waals surface area contributed by atoms with E-state index in [1.807, 2.05) is 0 Å². The second-order valence-electron chi connectivity index (χ2n) is 5.13. The molecule has 2 rings (SSSR count). The molecule has 2 saturated heterocycles. The molecule has 0 amide bonds. The number of hydrogen-bond donors (Lipinski definition) is 2. The molecule has 82 valence electrons. The van der Waals surface area contributed by atoms with Crippen molar-refractivity contribution in [2.75, 3.05) is 13.1 Å². The molecular formula is C11H22N2O. The van der Waals surface area contributed by atoms with Crippen LogP contribution in [0.2, 0.25) is 0 Å². The normalized spacial score (nSPS) is 37.3. The van der Waals surface area contributed by atoms with E-state index in [0.717, 1.165) is 13.0 Å². The predicted molar refractivity (Wildman–Crippen MR) is 57.2 cm³/mol. The number of rotatable bonds is 2. The summed E-state index contributed by atoms with van der Waals surface area (Å²) in [5.41, 5.74) is 0.0271. The van der Waals surface area contributed by atoms with Gasteiger partial charge >= 0.3 is 0 Å². The molecule has 2 heterocycles. The predicted octanol–water partition coefficient (Wildman–Crippen LogP) is 1.24. The van der Waals surface area contributed by atoms with Crippen LogP contribution in [0.4, 0.5) is 0 Å². The van der Waals surface area contributed by atoms with Crippen LogP contribution < -0.4 is 10.6 Å². The van der Waals surface area contributed by atoms with E-state index in [0.29, 0.717) is 6.04 Å². The van der Waals surface area contributed by atoms with Crippen molar-refractivity contribution in [2.24, 2.45) is 0 Å². The molecule has 0 aromatic heterocycles. The van der Waals surface area contributed by atoms with E-state index in [1.165, 1.54) is 25.8 Å². The molecule has 3 nitrogen and oxygen atoms in total. The number of ether oxygens (including phenoxy) is 1. The van der Waals surface area contributed by atoms with Crippen molar-refractivity contribution in [1.29, 1.82) is 0 Å². The Balaban J connectivity index is 1.75. The largest absolute Gasteiger partial charge is 0.356 e. The van der Waals surface area contributed by atoms with E-state index >= 15 is 0 Å². The Morgan fingerprint density at radius 3 is 2.71 bits per heavy atom. The first-order valence-electron chi connectivity index (χ1n) is 5.80. The number of nitrogens with one attached hydrogen (secondary N) is 2. The highest BCUT2D eigenvalue weighted by Gasteiger charge is 2.32. The molecule has 0 saturated carbocycles. The maximum absolute atomic E-state index is 5.90. The molecule has 2 aliphatic heterocycles. The minimum absolute atomic E-state index is 0.0271. The fourth-order valence-electron chi connectivity index (χ4n) is 2.34. The first-order valence-corrected chi connectivity index (χ1v) is 5.80. The van der Waals surface area contributed by atoms with Crippen molar-refractivity contribution in [1.82, 2.24) is 10.6 Å². The van der Waals surface area contributed by atoms with Crippen molar-refractivity contribution < 1.29 is 4.74 Å². The van der Waals surface area contributed by atoms with Gasteiger partial charge in [0.15, 0.2) is 0 Å². The highest BCUT2D eigenvalue weighted by molar-refractivity contribution is 4.84. The van der Waals surface area contributed by atoms with Gasteiger partial charge in [0.25, 0.3) is 0 Å². The monoisotopic (exact) mass is 198 g/mol. The zero-order valence-electron chi connectivity index (χ0n) is 9.31. The first-order chi connectivity index (χ1) is 6.66. The summed E-state index contributed by atoms with van der Waals surface area (Å²) in [6, 6.07) is 0.662. The molecule has 0 radical (unpaired) electrons. The van der Waals surface area contributed by atoms with E-state index in [4.69, 9.17) is 4.74 Å². The lowest BCUT2D eigenvalue weighted by atomic mass is 10.0. The molecule has 2 fully saturated rings. The second kappa shape index (κ2) is 4.17. The van der Waals surface area contributed by atoms with Crippen LogP contribution in [0.25, 0.3) is 0 Å². The molecule has 0 aromatic carbocycles. The van der Waals surface area contributed by atoms with Gasteiger partial charge in [0, 0.05) is 19.0 Å². The quantitative estimate of drug-likeness (QED) is 0.700. The summed E-state index contributed by atoms with van der Waals surface area (Å²) in [7, 11) is 0. The van der Waals surface area contributed by atoms with Gasteiger partial charge < -0.3 is 10.1 Å². The van der Waals surface area contributed by atoms with E-state index in [1.54, 1.807) is 0 Å². The third kappa shape index (κ3) is 2.69. The molecule has 2 aliphatic rings. The summed E-state index contributed by atoms with van der Waals surface area (Å²) in [4.78, 5) is 0. The van der Waals surface area contributed by atoms with E-state index < -0.39 is 0 Å². The summed E-state index contributed by atoms with van der Waals surface area (Å²) in [6.45, 7) is 6.45. The Hall–Kier alpha value is -0.120. The van der Waals surface area contributed by atoms with Crippen LogP contribution in [-0.2, 0) is 4.74 Å². The van der Waals surface area contributed by atoms with Crippen molar-refractivity contribution in [3.8, 4) is 0 Å². The van der Waals surface area contributed by atoms with Gasteiger partial charge in [-0.1, -0.05) is 6.42 Å². The molecule has 2 atom stereocenters. The maximum Gasteiger partial charge on any atom is 0.110 e. The molecule has 3 heteroatoms. The number of piperidine rings is 1. The molecule has 14 heavy (non-hydrogen) atoms. The molecule has 0 spiro atoms. The van der Waals surface area contributed by atoms with Gasteiger partial charge in [-0.25, -0.2) is 0 Å². The van der Waals surface area contributed by atoms with Crippen LogP contribution >= 0.6 is 0 Å². The van der Waals surface area contributed by atoms with Gasteiger partial charge in [0.1, 0.15) is 6.23 Å². The van der Waals surface area contributed by atoms with Crippen LogP contribution in [0, 0.1) is 0 Å². The highest BCUT2D eigenvalue weighted by atomic mass is 16.5. The summed E-state index contributed by atoms with van der Waals surface area (Å²) in [5.74, 6) is 0. The van der Waals surface area contributed by atoms with Gasteiger partial charge in [0.05, 0.1) is 5.60 Å². The minimum atomic E-state index is 0.0271. The molecule has 0 aliphatic carbocycles. The Morgan fingerprint density at radius 1 is 1.29 bits per heavy atom. The minimum Gasteiger partial charge on any atom is -0.356 e. The van der Waals surface area contributed by atoms with Crippen LogP contribution in [0.3, 0.4) is 0 Å². The van der Waals surface area contributed by atoms with Crippen molar-refractivity contribution in [2.45, 2.75) is 57.4 Å². The zero-order valence-corrected chi connectivity index (χ0v) is 9.31. The van der Waals surface area contributed by atoms with Gasteiger partial charge in [0.2, 0.25) is 0 Å². The van der Waals surface area contributed by atoms with E-state index in [-0.39, 0.29) is 11.8 Å². The topological polar surface area (TPSA) is 33.3 Å². The SMILES string of the molecule is CC1(C)CNC(CC2CCCCN2)O1. The highest BCUT2D eigenvalue weighted by Crippen LogP contribution is 2.21. The van der Waals surface area contributed by atoms with Crippen molar-refractivity contribution in [3.05, 3.63) is 0 Å². The van der Waals surface area contributed by atoms with Crippen LogP contribution in [0.1, 0.15) is 39.5 Å². The molecular weight excluding hydrogens is 176 g/mol.